The Morgan fingerprint density at radius 1 is 1.60 bits per heavy atom. The molecule has 82 valence electrons. The predicted molar refractivity (Wildman–Crippen MR) is 55.8 cm³/mol. The minimum absolute atomic E-state index is 0.632. The average molecular weight is 208 g/mol. The molecule has 4 heteroatoms. The first-order valence-corrected chi connectivity index (χ1v) is 5.35. The van der Waals surface area contributed by atoms with Gasteiger partial charge >= 0.3 is 0 Å². The van der Waals surface area contributed by atoms with Crippen molar-refractivity contribution in [3.8, 4) is 0 Å². The molecule has 0 spiro atoms. The van der Waals surface area contributed by atoms with Gasteiger partial charge in [0.05, 0.1) is 11.8 Å². The number of carbonyl (C=O) groups is 1. The minimum Gasteiger partial charge on any atom is -0.381 e. The van der Waals surface area contributed by atoms with E-state index >= 15 is 0 Å². The van der Waals surface area contributed by atoms with Crippen LogP contribution in [0.1, 0.15) is 28.9 Å². The van der Waals surface area contributed by atoms with E-state index in [0.717, 1.165) is 50.0 Å². The van der Waals surface area contributed by atoms with E-state index in [1.54, 1.807) is 10.9 Å². The van der Waals surface area contributed by atoms with Gasteiger partial charge in [0.25, 0.3) is 0 Å². The Hall–Kier alpha value is -1.16. The summed E-state index contributed by atoms with van der Waals surface area (Å²) in [7, 11) is 1.89. The fraction of sp³-hybridized carbons (Fsp3) is 0.636. The van der Waals surface area contributed by atoms with Crippen LogP contribution in [0.3, 0.4) is 0 Å². The number of ether oxygens (including phenoxy) is 1. The van der Waals surface area contributed by atoms with E-state index in [0.29, 0.717) is 5.92 Å². The van der Waals surface area contributed by atoms with Gasteiger partial charge in [-0.2, -0.15) is 5.10 Å². The van der Waals surface area contributed by atoms with Crippen LogP contribution < -0.4 is 0 Å². The number of aldehydes is 1. The maximum atomic E-state index is 10.8. The molecule has 1 aliphatic heterocycles. The van der Waals surface area contributed by atoms with E-state index < -0.39 is 0 Å². The van der Waals surface area contributed by atoms with Crippen molar-refractivity contribution in [2.75, 3.05) is 13.2 Å². The first-order chi connectivity index (χ1) is 7.31. The van der Waals surface area contributed by atoms with Gasteiger partial charge in [0.15, 0.2) is 6.29 Å². The van der Waals surface area contributed by atoms with E-state index in [9.17, 15) is 4.79 Å². The lowest BCUT2D eigenvalue weighted by Crippen LogP contribution is -2.19. The largest absolute Gasteiger partial charge is 0.381 e. The van der Waals surface area contributed by atoms with Gasteiger partial charge in [0, 0.05) is 26.0 Å². The summed E-state index contributed by atoms with van der Waals surface area (Å²) >= 11 is 0. The van der Waals surface area contributed by atoms with Crippen LogP contribution >= 0.6 is 0 Å². The molecule has 0 N–H and O–H groups in total. The Morgan fingerprint density at radius 3 is 3.00 bits per heavy atom. The summed E-state index contributed by atoms with van der Waals surface area (Å²) in [6.45, 7) is 1.69. The normalized spacial score (nSPS) is 17.9. The van der Waals surface area contributed by atoms with Crippen molar-refractivity contribution >= 4 is 6.29 Å². The summed E-state index contributed by atoms with van der Waals surface area (Å²) < 4.78 is 7.12. The van der Waals surface area contributed by atoms with Crippen LogP contribution in [0.4, 0.5) is 0 Å². The maximum Gasteiger partial charge on any atom is 0.153 e. The van der Waals surface area contributed by atoms with Gasteiger partial charge in [-0.25, -0.2) is 0 Å². The van der Waals surface area contributed by atoms with Crippen molar-refractivity contribution in [2.45, 2.75) is 19.3 Å². The van der Waals surface area contributed by atoms with Gasteiger partial charge in [0.1, 0.15) is 0 Å². The third-order valence-corrected chi connectivity index (χ3v) is 3.04. The van der Waals surface area contributed by atoms with Crippen molar-refractivity contribution in [3.05, 3.63) is 17.5 Å². The van der Waals surface area contributed by atoms with Crippen molar-refractivity contribution in [3.63, 3.8) is 0 Å². The average Bonchev–Trinajstić information content (AvgIpc) is 2.62. The summed E-state index contributed by atoms with van der Waals surface area (Å²) in [6.07, 6.45) is 5.64. The van der Waals surface area contributed by atoms with Gasteiger partial charge in [-0.05, 0) is 25.2 Å². The summed E-state index contributed by atoms with van der Waals surface area (Å²) in [5.74, 6) is 0.632. The highest BCUT2D eigenvalue weighted by Gasteiger charge is 2.18. The second kappa shape index (κ2) is 4.57. The van der Waals surface area contributed by atoms with Crippen molar-refractivity contribution in [2.24, 2.45) is 13.0 Å². The molecule has 2 heterocycles. The molecule has 1 aliphatic rings. The summed E-state index contributed by atoms with van der Waals surface area (Å²) in [5, 5.41) is 4.11. The molecule has 0 bridgehead atoms. The molecule has 4 nitrogen and oxygen atoms in total. The van der Waals surface area contributed by atoms with Crippen LogP contribution in [0.2, 0.25) is 0 Å². The molecule has 1 fully saturated rings. The topological polar surface area (TPSA) is 44.1 Å². The zero-order valence-electron chi connectivity index (χ0n) is 8.98. The highest BCUT2D eigenvalue weighted by Crippen LogP contribution is 2.21. The molecule has 0 saturated carbocycles. The zero-order chi connectivity index (χ0) is 10.7. The zero-order valence-corrected chi connectivity index (χ0v) is 8.98. The standard InChI is InChI=1S/C11H16N2O2/c1-13-11(10(8-14)7-12-13)6-9-2-4-15-5-3-9/h7-9H,2-6H2,1H3. The van der Waals surface area contributed by atoms with Gasteiger partial charge in [0.2, 0.25) is 0 Å². The van der Waals surface area contributed by atoms with Crippen molar-refractivity contribution < 1.29 is 9.53 Å². The first-order valence-electron chi connectivity index (χ1n) is 5.35. The van der Waals surface area contributed by atoms with Crippen LogP contribution in [0.15, 0.2) is 6.20 Å². The number of nitrogens with zero attached hydrogens (tertiary/aromatic N) is 2. The Kier molecular flexibility index (Phi) is 3.16. The van der Waals surface area contributed by atoms with E-state index in [-0.39, 0.29) is 0 Å². The molecule has 0 radical (unpaired) electrons. The Balaban J connectivity index is 2.08. The molecule has 1 saturated heterocycles. The molecule has 0 aliphatic carbocycles. The first kappa shape index (κ1) is 10.4. The molecule has 2 rings (SSSR count). The molecule has 0 aromatic carbocycles. The number of aryl methyl sites for hydroxylation is 1. The molecular weight excluding hydrogens is 192 g/mol. The molecule has 0 unspecified atom stereocenters. The number of hydrogen-bond donors (Lipinski definition) is 0. The Labute approximate surface area is 89.2 Å². The van der Waals surface area contributed by atoms with Gasteiger partial charge in [-0.3, -0.25) is 9.48 Å². The van der Waals surface area contributed by atoms with E-state index in [1.165, 1.54) is 0 Å². The summed E-state index contributed by atoms with van der Waals surface area (Å²) in [4.78, 5) is 10.8. The lowest BCUT2D eigenvalue weighted by Gasteiger charge is -2.22. The van der Waals surface area contributed by atoms with Crippen LogP contribution in [0.25, 0.3) is 0 Å². The van der Waals surface area contributed by atoms with E-state index in [2.05, 4.69) is 5.10 Å². The quantitative estimate of drug-likeness (QED) is 0.701. The molecule has 0 atom stereocenters. The molecule has 15 heavy (non-hydrogen) atoms. The van der Waals surface area contributed by atoms with E-state index in [1.807, 2.05) is 7.05 Å². The van der Waals surface area contributed by atoms with Gasteiger partial charge in [-0.15, -0.1) is 0 Å². The summed E-state index contributed by atoms with van der Waals surface area (Å²) in [5.41, 5.74) is 1.78. The molecule has 0 amide bonds. The molecular formula is C11H16N2O2. The second-order valence-electron chi connectivity index (χ2n) is 4.05. The van der Waals surface area contributed by atoms with Crippen LogP contribution in [-0.2, 0) is 18.2 Å². The number of rotatable bonds is 3. The highest BCUT2D eigenvalue weighted by molar-refractivity contribution is 5.75. The van der Waals surface area contributed by atoms with Crippen LogP contribution in [0, 0.1) is 5.92 Å². The molecule has 1 aromatic heterocycles. The third-order valence-electron chi connectivity index (χ3n) is 3.04. The highest BCUT2D eigenvalue weighted by atomic mass is 16.5. The maximum absolute atomic E-state index is 10.8. The lowest BCUT2D eigenvalue weighted by molar-refractivity contribution is 0.0659. The third kappa shape index (κ3) is 2.26. The smallest absolute Gasteiger partial charge is 0.153 e. The molecule has 1 aromatic rings. The lowest BCUT2D eigenvalue weighted by atomic mass is 9.94. The predicted octanol–water partition coefficient (Wildman–Crippen LogP) is 1.20. The van der Waals surface area contributed by atoms with Crippen molar-refractivity contribution in [1.29, 1.82) is 0 Å². The number of hydrogen-bond acceptors (Lipinski definition) is 3. The summed E-state index contributed by atoms with van der Waals surface area (Å²) in [6, 6.07) is 0. The van der Waals surface area contributed by atoms with E-state index in [4.69, 9.17) is 4.74 Å². The van der Waals surface area contributed by atoms with Crippen molar-refractivity contribution in [1.82, 2.24) is 9.78 Å². The second-order valence-corrected chi connectivity index (χ2v) is 4.05. The monoisotopic (exact) mass is 208 g/mol. The van der Waals surface area contributed by atoms with Crippen LogP contribution in [-0.4, -0.2) is 29.3 Å². The Morgan fingerprint density at radius 2 is 2.33 bits per heavy atom. The fourth-order valence-corrected chi connectivity index (χ4v) is 2.05. The van der Waals surface area contributed by atoms with Gasteiger partial charge < -0.3 is 4.74 Å². The minimum atomic E-state index is 0.632. The fourth-order valence-electron chi connectivity index (χ4n) is 2.05. The number of carbonyl (C=O) groups excluding carboxylic acids is 1. The Bertz CT molecular complexity index is 340. The van der Waals surface area contributed by atoms with Gasteiger partial charge in [-0.1, -0.05) is 0 Å². The van der Waals surface area contributed by atoms with Crippen LogP contribution in [0.5, 0.6) is 0 Å². The number of aromatic nitrogens is 2. The SMILES string of the molecule is Cn1ncc(C=O)c1CC1CCOCC1.